The van der Waals surface area contributed by atoms with E-state index >= 15 is 0 Å². The molecule has 126 valence electrons. The molecule has 0 unspecified atom stereocenters. The minimum Gasteiger partial charge on any atom is -0.491 e. The zero-order valence-electron chi connectivity index (χ0n) is 13.2. The summed E-state index contributed by atoms with van der Waals surface area (Å²) in [4.78, 5) is 11.8. The van der Waals surface area contributed by atoms with Crippen molar-refractivity contribution < 1.29 is 14.3 Å². The van der Waals surface area contributed by atoms with E-state index in [1.165, 1.54) is 0 Å². The van der Waals surface area contributed by atoms with E-state index in [0.29, 0.717) is 16.9 Å². The minimum atomic E-state index is -0.943. The molecule has 7 heteroatoms. The number of hydrogen-bond acceptors (Lipinski definition) is 6. The molecule has 7 nitrogen and oxygen atoms in total. The molecule has 1 aromatic heterocycles. The Morgan fingerprint density at radius 3 is 2.60 bits per heavy atom. The fourth-order valence-corrected chi connectivity index (χ4v) is 2.19. The molecule has 0 radical (unpaired) electrons. The normalized spacial score (nSPS) is 11.7. The lowest BCUT2D eigenvalue weighted by Gasteiger charge is -2.11. The van der Waals surface area contributed by atoms with Crippen molar-refractivity contribution in [3.05, 3.63) is 70.7 Å². The quantitative estimate of drug-likeness (QED) is 0.736. The van der Waals surface area contributed by atoms with Gasteiger partial charge in [0.25, 0.3) is 0 Å². The maximum absolute atomic E-state index is 11.8. The molecule has 0 aliphatic carbocycles. The summed E-state index contributed by atoms with van der Waals surface area (Å²) in [6.45, 7) is -0.0721. The summed E-state index contributed by atoms with van der Waals surface area (Å²) >= 11 is 0. The number of nitrogens with zero attached hydrogens (tertiary/aromatic N) is 3. The van der Waals surface area contributed by atoms with Crippen LogP contribution in [0.15, 0.2) is 63.8 Å². The SMILES string of the molecule is N#Cc1ccc(OC[C@H](O)Cn2nc(-c3ccccc3)oc2=O)cc1. The third-order valence-corrected chi connectivity index (χ3v) is 3.44. The molecular weight excluding hydrogens is 322 g/mol. The first kappa shape index (κ1) is 16.5. The third-order valence-electron chi connectivity index (χ3n) is 3.44. The fourth-order valence-electron chi connectivity index (χ4n) is 2.19. The largest absolute Gasteiger partial charge is 0.491 e. The summed E-state index contributed by atoms with van der Waals surface area (Å²) in [6.07, 6.45) is -0.943. The molecule has 0 aliphatic heterocycles. The van der Waals surface area contributed by atoms with Crippen LogP contribution in [0.1, 0.15) is 5.56 Å². The Balaban J connectivity index is 1.61. The van der Waals surface area contributed by atoms with Crippen LogP contribution in [-0.4, -0.2) is 27.6 Å². The monoisotopic (exact) mass is 337 g/mol. The molecule has 0 saturated carbocycles. The van der Waals surface area contributed by atoms with Gasteiger partial charge < -0.3 is 14.3 Å². The van der Waals surface area contributed by atoms with E-state index in [1.54, 1.807) is 36.4 Å². The van der Waals surface area contributed by atoms with Crippen LogP contribution in [0.3, 0.4) is 0 Å². The van der Waals surface area contributed by atoms with Crippen LogP contribution in [0.2, 0.25) is 0 Å². The molecule has 2 aromatic carbocycles. The number of ether oxygens (including phenoxy) is 1. The van der Waals surface area contributed by atoms with Crippen molar-refractivity contribution in [1.82, 2.24) is 9.78 Å². The molecule has 1 N–H and O–H groups in total. The number of hydrogen-bond donors (Lipinski definition) is 1. The van der Waals surface area contributed by atoms with Crippen LogP contribution in [0.5, 0.6) is 5.75 Å². The molecule has 25 heavy (non-hydrogen) atoms. The fraction of sp³-hybridized carbons (Fsp3) is 0.167. The molecular formula is C18H15N3O4. The maximum Gasteiger partial charge on any atom is 0.437 e. The zero-order chi connectivity index (χ0) is 17.6. The molecule has 3 rings (SSSR count). The second-order valence-corrected chi connectivity index (χ2v) is 5.32. The average Bonchev–Trinajstić information content (AvgIpc) is 3.01. The van der Waals surface area contributed by atoms with Gasteiger partial charge in [-0.15, -0.1) is 5.10 Å². The highest BCUT2D eigenvalue weighted by Crippen LogP contribution is 2.14. The minimum absolute atomic E-state index is 0.0220. The molecule has 0 amide bonds. The van der Waals surface area contributed by atoms with Crippen molar-refractivity contribution in [1.29, 1.82) is 5.26 Å². The summed E-state index contributed by atoms with van der Waals surface area (Å²) in [5, 5.41) is 22.9. The van der Waals surface area contributed by atoms with Gasteiger partial charge in [-0.05, 0) is 36.4 Å². The van der Waals surface area contributed by atoms with Crippen LogP contribution in [0.4, 0.5) is 0 Å². The van der Waals surface area contributed by atoms with Gasteiger partial charge in [0.2, 0.25) is 5.89 Å². The van der Waals surface area contributed by atoms with Gasteiger partial charge in [-0.3, -0.25) is 0 Å². The van der Waals surface area contributed by atoms with Gasteiger partial charge in [0.15, 0.2) is 0 Å². The smallest absolute Gasteiger partial charge is 0.437 e. The molecule has 0 fully saturated rings. The van der Waals surface area contributed by atoms with E-state index in [9.17, 15) is 9.90 Å². The Bertz CT molecular complexity index is 923. The van der Waals surface area contributed by atoms with E-state index in [-0.39, 0.29) is 19.0 Å². The lowest BCUT2D eigenvalue weighted by molar-refractivity contribution is 0.0875. The first-order chi connectivity index (χ1) is 12.2. The molecule has 3 aromatic rings. The van der Waals surface area contributed by atoms with Gasteiger partial charge in [-0.25, -0.2) is 4.79 Å². The summed E-state index contributed by atoms with van der Waals surface area (Å²) in [6, 6.07) is 17.6. The van der Waals surface area contributed by atoms with Gasteiger partial charge in [-0.1, -0.05) is 18.2 Å². The van der Waals surface area contributed by atoms with Crippen molar-refractivity contribution >= 4 is 0 Å². The van der Waals surface area contributed by atoms with E-state index in [2.05, 4.69) is 5.10 Å². The maximum atomic E-state index is 11.8. The van der Waals surface area contributed by atoms with E-state index < -0.39 is 11.9 Å². The standard InChI is InChI=1S/C18H15N3O4/c19-10-13-6-8-16(9-7-13)24-12-15(22)11-21-18(23)25-17(20-21)14-4-2-1-3-5-14/h1-9,15,22H,11-12H2/t15-/m1/s1. The van der Waals surface area contributed by atoms with Crippen LogP contribution in [-0.2, 0) is 6.54 Å². The first-order valence-corrected chi connectivity index (χ1v) is 7.60. The van der Waals surface area contributed by atoms with Gasteiger partial charge in [-0.2, -0.15) is 9.94 Å². The molecule has 0 spiro atoms. The molecule has 0 aliphatic rings. The highest BCUT2D eigenvalue weighted by Gasteiger charge is 2.14. The number of benzene rings is 2. The van der Waals surface area contributed by atoms with E-state index in [4.69, 9.17) is 14.4 Å². The van der Waals surface area contributed by atoms with Crippen molar-refractivity contribution in [2.45, 2.75) is 12.6 Å². The number of rotatable bonds is 6. The molecule has 1 heterocycles. The number of aliphatic hydroxyl groups excluding tert-OH is 1. The second kappa shape index (κ2) is 7.47. The van der Waals surface area contributed by atoms with Gasteiger partial charge in [0.05, 0.1) is 18.2 Å². The van der Waals surface area contributed by atoms with Crippen LogP contribution < -0.4 is 10.5 Å². The Morgan fingerprint density at radius 1 is 1.20 bits per heavy atom. The molecule has 0 bridgehead atoms. The van der Waals surface area contributed by atoms with Gasteiger partial charge >= 0.3 is 5.76 Å². The molecule has 1 atom stereocenters. The number of aliphatic hydroxyl groups is 1. The Kier molecular flexibility index (Phi) is 4.92. The second-order valence-electron chi connectivity index (χ2n) is 5.32. The van der Waals surface area contributed by atoms with Crippen LogP contribution >= 0.6 is 0 Å². The zero-order valence-corrected chi connectivity index (χ0v) is 13.2. The summed E-state index contributed by atoms with van der Waals surface area (Å²) < 4.78 is 11.6. The average molecular weight is 337 g/mol. The number of nitriles is 1. The lowest BCUT2D eigenvalue weighted by atomic mass is 10.2. The van der Waals surface area contributed by atoms with Crippen molar-refractivity contribution in [3.63, 3.8) is 0 Å². The van der Waals surface area contributed by atoms with E-state index in [1.807, 2.05) is 24.3 Å². The van der Waals surface area contributed by atoms with Crippen molar-refractivity contribution in [2.75, 3.05) is 6.61 Å². The predicted molar refractivity (Wildman–Crippen MR) is 88.9 cm³/mol. The summed E-state index contributed by atoms with van der Waals surface area (Å²) in [5.41, 5.74) is 1.21. The summed E-state index contributed by atoms with van der Waals surface area (Å²) in [7, 11) is 0. The summed E-state index contributed by atoms with van der Waals surface area (Å²) in [5.74, 6) is 0.0811. The Morgan fingerprint density at radius 2 is 1.92 bits per heavy atom. The number of aromatic nitrogens is 2. The Labute approximate surface area is 143 Å². The lowest BCUT2D eigenvalue weighted by Crippen LogP contribution is -2.29. The van der Waals surface area contributed by atoms with Crippen LogP contribution in [0, 0.1) is 11.3 Å². The van der Waals surface area contributed by atoms with Crippen LogP contribution in [0.25, 0.3) is 11.5 Å². The third kappa shape index (κ3) is 4.13. The van der Waals surface area contributed by atoms with Crippen molar-refractivity contribution in [3.8, 4) is 23.3 Å². The van der Waals surface area contributed by atoms with Gasteiger partial charge in [0.1, 0.15) is 18.5 Å². The van der Waals surface area contributed by atoms with E-state index in [0.717, 1.165) is 4.68 Å². The Hall–Kier alpha value is -3.37. The first-order valence-electron chi connectivity index (χ1n) is 7.60. The predicted octanol–water partition coefficient (Wildman–Crippen LogP) is 1.81. The topological polar surface area (TPSA) is 101 Å². The molecule has 0 saturated heterocycles. The highest BCUT2D eigenvalue weighted by atomic mass is 16.5. The highest BCUT2D eigenvalue weighted by molar-refractivity contribution is 5.51. The van der Waals surface area contributed by atoms with Crippen molar-refractivity contribution in [2.24, 2.45) is 0 Å². The van der Waals surface area contributed by atoms with Gasteiger partial charge in [0, 0.05) is 5.56 Å².